The number of primary amides is 1. The van der Waals surface area contributed by atoms with Gasteiger partial charge in [0.15, 0.2) is 0 Å². The number of anilines is 1. The van der Waals surface area contributed by atoms with E-state index in [0.717, 1.165) is 23.9 Å². The fourth-order valence-corrected chi connectivity index (χ4v) is 2.64. The van der Waals surface area contributed by atoms with E-state index in [1.54, 1.807) is 0 Å². The molecule has 116 valence electrons. The maximum atomic E-state index is 10.6. The first-order valence-corrected chi connectivity index (χ1v) is 7.57. The largest absolute Gasteiger partial charge is 0.493 e. The lowest BCUT2D eigenvalue weighted by molar-refractivity contribution is -0.118. The predicted octanol–water partition coefficient (Wildman–Crippen LogP) is 1.69. The smallest absolute Gasteiger partial charge is 0.220 e. The summed E-state index contributed by atoms with van der Waals surface area (Å²) >= 11 is 0. The minimum atomic E-state index is -0.342. The molecule has 1 amide bonds. The van der Waals surface area contributed by atoms with Gasteiger partial charge in [0.1, 0.15) is 5.75 Å². The molecule has 1 saturated heterocycles. The first-order valence-electron chi connectivity index (χ1n) is 7.57. The second-order valence-electron chi connectivity index (χ2n) is 5.74. The number of amides is 1. The zero-order chi connectivity index (χ0) is 15.1. The van der Waals surface area contributed by atoms with Crippen molar-refractivity contribution in [2.75, 3.05) is 38.6 Å². The fourth-order valence-electron chi connectivity index (χ4n) is 2.64. The number of hydrogen-bond acceptors (Lipinski definition) is 4. The van der Waals surface area contributed by atoms with Crippen molar-refractivity contribution in [2.24, 2.45) is 11.7 Å². The maximum absolute atomic E-state index is 10.6. The average molecular weight is 291 g/mol. The summed E-state index contributed by atoms with van der Waals surface area (Å²) in [4.78, 5) is 13.0. The van der Waals surface area contributed by atoms with Gasteiger partial charge in [-0.2, -0.15) is 0 Å². The van der Waals surface area contributed by atoms with Crippen LogP contribution in [0, 0.1) is 5.92 Å². The zero-order valence-corrected chi connectivity index (χ0v) is 12.7. The van der Waals surface area contributed by atoms with Crippen LogP contribution in [0.25, 0.3) is 0 Å². The van der Waals surface area contributed by atoms with Crippen molar-refractivity contribution in [1.82, 2.24) is 4.90 Å². The molecule has 0 saturated carbocycles. The Kier molecular flexibility index (Phi) is 5.87. The molecule has 0 spiro atoms. The molecule has 3 N–H and O–H groups in total. The Morgan fingerprint density at radius 1 is 1.43 bits per heavy atom. The predicted molar refractivity (Wildman–Crippen MR) is 84.5 cm³/mol. The molecule has 1 aromatic carbocycles. The lowest BCUT2D eigenvalue weighted by Crippen LogP contribution is -2.35. The van der Waals surface area contributed by atoms with E-state index in [1.807, 2.05) is 24.3 Å². The minimum Gasteiger partial charge on any atom is -0.493 e. The van der Waals surface area contributed by atoms with Gasteiger partial charge in [0.05, 0.1) is 13.0 Å². The molecule has 1 aromatic rings. The van der Waals surface area contributed by atoms with Gasteiger partial charge in [-0.1, -0.05) is 0 Å². The second-order valence-corrected chi connectivity index (χ2v) is 5.74. The summed E-state index contributed by atoms with van der Waals surface area (Å²) < 4.78 is 5.45. The van der Waals surface area contributed by atoms with Crippen LogP contribution in [0.4, 0.5) is 5.69 Å². The first kappa shape index (κ1) is 15.6. The van der Waals surface area contributed by atoms with Gasteiger partial charge in [-0.25, -0.2) is 0 Å². The lowest BCUT2D eigenvalue weighted by atomic mass is 9.98. The Morgan fingerprint density at radius 3 is 2.86 bits per heavy atom. The Morgan fingerprint density at radius 2 is 2.19 bits per heavy atom. The summed E-state index contributed by atoms with van der Waals surface area (Å²) in [5, 5.41) is 3.48. The normalized spacial score (nSPS) is 19.2. The molecule has 5 nitrogen and oxygen atoms in total. The van der Waals surface area contributed by atoms with Crippen LogP contribution in [0.3, 0.4) is 0 Å². The van der Waals surface area contributed by atoms with E-state index in [2.05, 4.69) is 17.3 Å². The highest BCUT2D eigenvalue weighted by molar-refractivity contribution is 5.73. The highest BCUT2D eigenvalue weighted by Crippen LogP contribution is 2.19. The number of nitrogens with two attached hydrogens (primary N) is 1. The van der Waals surface area contributed by atoms with Crippen molar-refractivity contribution < 1.29 is 9.53 Å². The Bertz CT molecular complexity index is 447. The van der Waals surface area contributed by atoms with Gasteiger partial charge in [0.25, 0.3) is 0 Å². The van der Waals surface area contributed by atoms with Crippen LogP contribution in [-0.2, 0) is 4.79 Å². The number of benzene rings is 1. The van der Waals surface area contributed by atoms with Crippen molar-refractivity contribution in [3.8, 4) is 5.75 Å². The molecule has 21 heavy (non-hydrogen) atoms. The highest BCUT2D eigenvalue weighted by Gasteiger charge is 2.16. The topological polar surface area (TPSA) is 67.6 Å². The van der Waals surface area contributed by atoms with Gasteiger partial charge in [0.2, 0.25) is 5.91 Å². The number of ether oxygens (including phenoxy) is 1. The molecule has 2 rings (SSSR count). The van der Waals surface area contributed by atoms with Crippen molar-refractivity contribution in [2.45, 2.75) is 19.3 Å². The van der Waals surface area contributed by atoms with Gasteiger partial charge in [-0.3, -0.25) is 4.79 Å². The molecule has 1 aliphatic rings. The third-order valence-electron chi connectivity index (χ3n) is 3.79. The van der Waals surface area contributed by atoms with Crippen molar-refractivity contribution >= 4 is 11.6 Å². The van der Waals surface area contributed by atoms with Gasteiger partial charge >= 0.3 is 0 Å². The van der Waals surface area contributed by atoms with Crippen LogP contribution in [0.1, 0.15) is 19.3 Å². The molecule has 1 fully saturated rings. The van der Waals surface area contributed by atoms with Crippen molar-refractivity contribution in [3.05, 3.63) is 24.3 Å². The number of hydrogen-bond donors (Lipinski definition) is 2. The molecule has 1 heterocycles. The molecular weight excluding hydrogens is 266 g/mol. The molecular formula is C16H25N3O2. The zero-order valence-electron chi connectivity index (χ0n) is 12.7. The number of nitrogens with zero attached hydrogens (tertiary/aromatic N) is 1. The summed E-state index contributed by atoms with van der Waals surface area (Å²) in [6, 6.07) is 7.84. The Hall–Kier alpha value is -1.75. The minimum absolute atomic E-state index is 0.245. The molecule has 0 radical (unpaired) electrons. The number of piperidine rings is 1. The molecule has 5 heteroatoms. The summed E-state index contributed by atoms with van der Waals surface area (Å²) in [7, 11) is 2.18. The van der Waals surface area contributed by atoms with Crippen LogP contribution in [0.15, 0.2) is 24.3 Å². The highest BCUT2D eigenvalue weighted by atomic mass is 16.5. The van der Waals surface area contributed by atoms with E-state index in [1.165, 1.54) is 25.9 Å². The molecule has 1 aliphatic heterocycles. The second kappa shape index (κ2) is 7.88. The lowest BCUT2D eigenvalue weighted by Gasteiger charge is -2.29. The molecule has 1 atom stereocenters. The van der Waals surface area contributed by atoms with Crippen molar-refractivity contribution in [1.29, 1.82) is 0 Å². The van der Waals surface area contributed by atoms with E-state index in [9.17, 15) is 4.79 Å². The van der Waals surface area contributed by atoms with Gasteiger partial charge in [-0.15, -0.1) is 0 Å². The number of carbonyl (C=O) groups is 1. The SMILES string of the molecule is CN1CCCC(CNc2ccc(OCCC(N)=O)cc2)C1. The van der Waals surface area contributed by atoms with Crippen LogP contribution < -0.4 is 15.8 Å². The molecule has 0 aromatic heterocycles. The van der Waals surface area contributed by atoms with E-state index in [-0.39, 0.29) is 12.3 Å². The van der Waals surface area contributed by atoms with E-state index < -0.39 is 0 Å². The fraction of sp³-hybridized carbons (Fsp3) is 0.562. The van der Waals surface area contributed by atoms with Gasteiger partial charge in [-0.05, 0) is 56.6 Å². The average Bonchev–Trinajstić information content (AvgIpc) is 2.46. The summed E-state index contributed by atoms with van der Waals surface area (Å²) in [6.45, 7) is 3.72. The molecule has 0 aliphatic carbocycles. The molecule has 1 unspecified atom stereocenters. The van der Waals surface area contributed by atoms with E-state index in [0.29, 0.717) is 6.61 Å². The first-order chi connectivity index (χ1) is 10.1. The number of rotatable bonds is 7. The standard InChI is InChI=1S/C16H25N3O2/c1-19-9-2-3-13(12-19)11-18-14-4-6-15(7-5-14)21-10-8-16(17)20/h4-7,13,18H,2-3,8-12H2,1H3,(H2,17,20). The number of nitrogens with one attached hydrogen (secondary N) is 1. The van der Waals surface area contributed by atoms with Crippen LogP contribution in [0.5, 0.6) is 5.75 Å². The third kappa shape index (κ3) is 5.63. The maximum Gasteiger partial charge on any atom is 0.220 e. The Balaban J connectivity index is 1.73. The van der Waals surface area contributed by atoms with Gasteiger partial charge < -0.3 is 20.7 Å². The summed E-state index contributed by atoms with van der Waals surface area (Å²) in [5.41, 5.74) is 6.17. The Labute approximate surface area is 126 Å². The molecule has 0 bridgehead atoms. The summed E-state index contributed by atoms with van der Waals surface area (Å²) in [5.74, 6) is 1.14. The third-order valence-corrected chi connectivity index (χ3v) is 3.79. The number of likely N-dealkylation sites (tertiary alicyclic amines) is 1. The van der Waals surface area contributed by atoms with E-state index in [4.69, 9.17) is 10.5 Å². The monoisotopic (exact) mass is 291 g/mol. The quantitative estimate of drug-likeness (QED) is 0.802. The number of carbonyl (C=O) groups excluding carboxylic acids is 1. The summed E-state index contributed by atoms with van der Waals surface area (Å²) in [6.07, 6.45) is 2.83. The van der Waals surface area contributed by atoms with E-state index >= 15 is 0 Å². The van der Waals surface area contributed by atoms with Crippen LogP contribution in [-0.4, -0.2) is 44.1 Å². The van der Waals surface area contributed by atoms with Crippen LogP contribution >= 0.6 is 0 Å². The van der Waals surface area contributed by atoms with Crippen molar-refractivity contribution in [3.63, 3.8) is 0 Å². The van der Waals surface area contributed by atoms with Crippen LogP contribution in [0.2, 0.25) is 0 Å². The van der Waals surface area contributed by atoms with Gasteiger partial charge in [0, 0.05) is 18.8 Å².